The summed E-state index contributed by atoms with van der Waals surface area (Å²) in [6.07, 6.45) is 2.17. The fourth-order valence-corrected chi connectivity index (χ4v) is 1.93. The number of allylic oxidation sites excluding steroid dienone is 1. The van der Waals surface area contributed by atoms with Gasteiger partial charge in [0.2, 0.25) is 0 Å². The minimum absolute atomic E-state index is 0.240. The van der Waals surface area contributed by atoms with Crippen LogP contribution in [-0.2, 0) is 11.8 Å². The van der Waals surface area contributed by atoms with E-state index < -0.39 is 0 Å². The Labute approximate surface area is 92.2 Å². The van der Waals surface area contributed by atoms with Crippen LogP contribution in [0.3, 0.4) is 0 Å². The third-order valence-electron chi connectivity index (χ3n) is 2.98. The van der Waals surface area contributed by atoms with Gasteiger partial charge in [-0.3, -0.25) is 0 Å². The van der Waals surface area contributed by atoms with E-state index in [0.717, 1.165) is 18.5 Å². The summed E-state index contributed by atoms with van der Waals surface area (Å²) in [6, 6.07) is 6.72. The minimum Gasteiger partial charge on any atom is -0.359 e. The number of anilines is 1. The van der Waals surface area contributed by atoms with Crippen LogP contribution in [0.4, 0.5) is 5.69 Å². The Morgan fingerprint density at radius 1 is 1.20 bits per heavy atom. The van der Waals surface area contributed by atoms with Crippen LogP contribution in [0.1, 0.15) is 38.3 Å². The van der Waals surface area contributed by atoms with E-state index in [2.05, 4.69) is 50.9 Å². The van der Waals surface area contributed by atoms with E-state index in [-0.39, 0.29) is 5.41 Å². The summed E-state index contributed by atoms with van der Waals surface area (Å²) < 4.78 is 0. The van der Waals surface area contributed by atoms with Crippen LogP contribution in [-0.4, -0.2) is 0 Å². The minimum atomic E-state index is 0.240. The van der Waals surface area contributed by atoms with Gasteiger partial charge in [-0.1, -0.05) is 39.5 Å². The number of fused-ring (bicyclic) bond motifs is 1. The molecule has 1 N–H and O–H groups in total. The van der Waals surface area contributed by atoms with Gasteiger partial charge in [-0.15, -0.1) is 0 Å². The van der Waals surface area contributed by atoms with Gasteiger partial charge in [0.05, 0.1) is 0 Å². The number of hydrogen-bond donors (Lipinski definition) is 1. The third-order valence-corrected chi connectivity index (χ3v) is 2.98. The predicted octanol–water partition coefficient (Wildman–Crippen LogP) is 3.86. The van der Waals surface area contributed by atoms with Crippen LogP contribution in [0.15, 0.2) is 30.5 Å². The van der Waals surface area contributed by atoms with E-state index in [1.54, 1.807) is 0 Å². The Bertz CT molecular complexity index is 396. The molecule has 0 aromatic heterocycles. The second-order valence-corrected chi connectivity index (χ2v) is 5.35. The first kappa shape index (κ1) is 10.3. The molecule has 0 saturated carbocycles. The van der Waals surface area contributed by atoms with E-state index in [4.69, 9.17) is 0 Å². The van der Waals surface area contributed by atoms with Crippen molar-refractivity contribution in [3.8, 4) is 0 Å². The number of nitrogens with one attached hydrogen (secondary N) is 1. The second-order valence-electron chi connectivity index (χ2n) is 5.35. The van der Waals surface area contributed by atoms with Gasteiger partial charge < -0.3 is 5.32 Å². The smallest absolute Gasteiger partial charge is 0.0414 e. The van der Waals surface area contributed by atoms with Gasteiger partial charge in [0.1, 0.15) is 0 Å². The van der Waals surface area contributed by atoms with Crippen molar-refractivity contribution >= 4 is 5.69 Å². The molecule has 1 aliphatic rings. The van der Waals surface area contributed by atoms with Crippen molar-refractivity contribution in [1.29, 1.82) is 0 Å². The summed E-state index contributed by atoms with van der Waals surface area (Å²) in [4.78, 5) is 0. The van der Waals surface area contributed by atoms with Crippen LogP contribution in [0.2, 0.25) is 0 Å². The standard InChI is InChI=1S/C14H19N/c1-10-5-6-11-9-12(14(2,3)4)7-8-13(11)15-10/h7-9,15H,1,5-6H2,2-4H3. The second kappa shape index (κ2) is 3.41. The summed E-state index contributed by atoms with van der Waals surface area (Å²) >= 11 is 0. The highest BCUT2D eigenvalue weighted by Gasteiger charge is 2.17. The Balaban J connectivity index is 2.39. The molecule has 0 unspecified atom stereocenters. The first-order valence-corrected chi connectivity index (χ1v) is 5.55. The number of rotatable bonds is 0. The van der Waals surface area contributed by atoms with E-state index in [1.807, 2.05) is 0 Å². The molecule has 0 amide bonds. The monoisotopic (exact) mass is 201 g/mol. The maximum Gasteiger partial charge on any atom is 0.0414 e. The zero-order valence-electron chi connectivity index (χ0n) is 9.85. The summed E-state index contributed by atoms with van der Waals surface area (Å²) in [7, 11) is 0. The van der Waals surface area contributed by atoms with Crippen LogP contribution in [0.5, 0.6) is 0 Å². The fourth-order valence-electron chi connectivity index (χ4n) is 1.93. The van der Waals surface area contributed by atoms with Crippen molar-refractivity contribution in [1.82, 2.24) is 0 Å². The fraction of sp³-hybridized carbons (Fsp3) is 0.429. The molecule has 0 aliphatic carbocycles. The first-order chi connectivity index (χ1) is 6.97. The molecule has 0 fully saturated rings. The van der Waals surface area contributed by atoms with Crippen molar-refractivity contribution in [2.75, 3.05) is 5.32 Å². The molecule has 1 nitrogen and oxygen atoms in total. The summed E-state index contributed by atoms with van der Waals surface area (Å²) in [5.74, 6) is 0. The van der Waals surface area contributed by atoms with Crippen molar-refractivity contribution in [3.63, 3.8) is 0 Å². The lowest BCUT2D eigenvalue weighted by Gasteiger charge is -2.25. The van der Waals surface area contributed by atoms with Gasteiger partial charge in [-0.2, -0.15) is 0 Å². The van der Waals surface area contributed by atoms with E-state index >= 15 is 0 Å². The normalized spacial score (nSPS) is 15.8. The predicted molar refractivity (Wildman–Crippen MR) is 66.2 cm³/mol. The molecule has 15 heavy (non-hydrogen) atoms. The van der Waals surface area contributed by atoms with Gasteiger partial charge in [0.15, 0.2) is 0 Å². The summed E-state index contributed by atoms with van der Waals surface area (Å²) in [6.45, 7) is 10.7. The van der Waals surface area contributed by atoms with Gasteiger partial charge in [0, 0.05) is 11.4 Å². The quantitative estimate of drug-likeness (QED) is 0.672. The van der Waals surface area contributed by atoms with E-state index in [1.165, 1.54) is 16.8 Å². The molecule has 2 rings (SSSR count). The van der Waals surface area contributed by atoms with Gasteiger partial charge in [-0.25, -0.2) is 0 Å². The number of aryl methyl sites for hydroxylation is 1. The summed E-state index contributed by atoms with van der Waals surface area (Å²) in [5.41, 5.74) is 5.44. The maximum absolute atomic E-state index is 3.97. The van der Waals surface area contributed by atoms with Crippen LogP contribution >= 0.6 is 0 Å². The van der Waals surface area contributed by atoms with Gasteiger partial charge >= 0.3 is 0 Å². The highest BCUT2D eigenvalue weighted by molar-refractivity contribution is 5.59. The lowest BCUT2D eigenvalue weighted by atomic mass is 9.85. The Morgan fingerprint density at radius 2 is 1.93 bits per heavy atom. The van der Waals surface area contributed by atoms with Crippen molar-refractivity contribution < 1.29 is 0 Å². The van der Waals surface area contributed by atoms with E-state index in [0.29, 0.717) is 0 Å². The number of benzene rings is 1. The average Bonchev–Trinajstić information content (AvgIpc) is 2.15. The Morgan fingerprint density at radius 3 is 2.60 bits per heavy atom. The van der Waals surface area contributed by atoms with Crippen molar-refractivity contribution in [3.05, 3.63) is 41.6 Å². The highest BCUT2D eigenvalue weighted by Crippen LogP contribution is 2.31. The lowest BCUT2D eigenvalue weighted by molar-refractivity contribution is 0.589. The molecule has 1 heterocycles. The zero-order valence-corrected chi connectivity index (χ0v) is 9.85. The van der Waals surface area contributed by atoms with Crippen LogP contribution in [0, 0.1) is 0 Å². The molecule has 0 bridgehead atoms. The Kier molecular flexibility index (Phi) is 2.34. The van der Waals surface area contributed by atoms with E-state index in [9.17, 15) is 0 Å². The average molecular weight is 201 g/mol. The molecular formula is C14H19N. The largest absolute Gasteiger partial charge is 0.359 e. The molecule has 1 aromatic carbocycles. The number of hydrogen-bond acceptors (Lipinski definition) is 1. The van der Waals surface area contributed by atoms with Crippen molar-refractivity contribution in [2.24, 2.45) is 0 Å². The molecule has 0 atom stereocenters. The molecule has 0 radical (unpaired) electrons. The SMILES string of the molecule is C=C1CCc2cc(C(C)(C)C)ccc2N1. The van der Waals surface area contributed by atoms with Crippen molar-refractivity contribution in [2.45, 2.75) is 39.0 Å². The van der Waals surface area contributed by atoms with Gasteiger partial charge in [-0.05, 0) is 35.4 Å². The molecule has 1 heteroatoms. The highest BCUT2D eigenvalue weighted by atomic mass is 14.9. The van der Waals surface area contributed by atoms with Crippen LogP contribution in [0.25, 0.3) is 0 Å². The molecule has 1 aliphatic heterocycles. The molecule has 0 spiro atoms. The summed E-state index contributed by atoms with van der Waals surface area (Å²) in [5, 5.41) is 3.34. The first-order valence-electron chi connectivity index (χ1n) is 5.55. The van der Waals surface area contributed by atoms with Gasteiger partial charge in [0.25, 0.3) is 0 Å². The molecule has 0 saturated heterocycles. The Hall–Kier alpha value is -1.24. The topological polar surface area (TPSA) is 12.0 Å². The lowest BCUT2D eigenvalue weighted by Crippen LogP contribution is -2.14. The van der Waals surface area contributed by atoms with Crippen LogP contribution < -0.4 is 5.32 Å². The molecular weight excluding hydrogens is 182 g/mol. The third kappa shape index (κ3) is 2.06. The maximum atomic E-state index is 3.97. The zero-order chi connectivity index (χ0) is 11.1. The molecule has 1 aromatic rings. The molecule has 80 valence electrons.